The minimum atomic E-state index is -0.909. The quantitative estimate of drug-likeness (QED) is 0.847. The maximum atomic E-state index is 12.2. The first-order chi connectivity index (χ1) is 9.76. The third-order valence-electron chi connectivity index (χ3n) is 3.19. The number of carbonyl (C=O) groups excluding carboxylic acids is 1. The Bertz CT molecular complexity index is 452. The number of aliphatic hydroxyl groups is 1. The molecule has 21 heavy (non-hydrogen) atoms. The second-order valence-electron chi connectivity index (χ2n) is 5.85. The van der Waals surface area contributed by atoms with E-state index in [1.54, 1.807) is 28.0 Å². The monoisotopic (exact) mass is 294 g/mol. The molecular weight excluding hydrogens is 268 g/mol. The number of methoxy groups -OCH3 is 1. The van der Waals surface area contributed by atoms with Crippen LogP contribution < -0.4 is 10.1 Å². The van der Waals surface area contributed by atoms with Crippen molar-refractivity contribution in [1.82, 2.24) is 10.2 Å². The highest BCUT2D eigenvalue weighted by Crippen LogP contribution is 2.20. The SMILES string of the molecule is CCC(NC(=O)N(C)CC(C)(C)O)c1ccc(OC)cc1. The molecule has 0 heterocycles. The van der Waals surface area contributed by atoms with Crippen molar-refractivity contribution in [3.8, 4) is 5.75 Å². The van der Waals surface area contributed by atoms with Crippen LogP contribution in [0.5, 0.6) is 5.75 Å². The Kier molecular flexibility index (Phi) is 6.03. The van der Waals surface area contributed by atoms with E-state index in [2.05, 4.69) is 5.32 Å². The summed E-state index contributed by atoms with van der Waals surface area (Å²) in [6.45, 7) is 5.65. The standard InChI is InChI=1S/C16H26N2O3/c1-6-14(12-7-9-13(21-5)10-8-12)17-15(19)18(4)11-16(2,3)20/h7-10,14,20H,6,11H2,1-5H3,(H,17,19). The molecule has 0 aliphatic heterocycles. The van der Waals surface area contributed by atoms with Crippen LogP contribution in [0.1, 0.15) is 38.8 Å². The Hall–Kier alpha value is -1.75. The summed E-state index contributed by atoms with van der Waals surface area (Å²) in [5.74, 6) is 0.791. The minimum absolute atomic E-state index is 0.0624. The van der Waals surface area contributed by atoms with Crippen molar-refractivity contribution in [1.29, 1.82) is 0 Å². The van der Waals surface area contributed by atoms with Crippen molar-refractivity contribution in [2.24, 2.45) is 0 Å². The lowest BCUT2D eigenvalue weighted by Crippen LogP contribution is -2.45. The molecule has 0 aliphatic carbocycles. The second-order valence-corrected chi connectivity index (χ2v) is 5.85. The van der Waals surface area contributed by atoms with E-state index in [1.807, 2.05) is 31.2 Å². The molecule has 0 bridgehead atoms. The number of hydrogen-bond acceptors (Lipinski definition) is 3. The Morgan fingerprint density at radius 3 is 2.38 bits per heavy atom. The maximum Gasteiger partial charge on any atom is 0.317 e. The largest absolute Gasteiger partial charge is 0.497 e. The zero-order valence-electron chi connectivity index (χ0n) is 13.5. The number of urea groups is 1. The van der Waals surface area contributed by atoms with E-state index in [-0.39, 0.29) is 18.6 Å². The number of rotatable bonds is 6. The molecule has 0 aromatic heterocycles. The predicted octanol–water partition coefficient (Wildman–Crippen LogP) is 2.56. The van der Waals surface area contributed by atoms with Gasteiger partial charge < -0.3 is 20.1 Å². The third kappa shape index (κ3) is 5.63. The zero-order chi connectivity index (χ0) is 16.0. The van der Waals surface area contributed by atoms with Crippen molar-refractivity contribution < 1.29 is 14.6 Å². The van der Waals surface area contributed by atoms with Crippen LogP contribution in [0.4, 0.5) is 4.79 Å². The van der Waals surface area contributed by atoms with Gasteiger partial charge in [0.15, 0.2) is 0 Å². The molecule has 0 radical (unpaired) electrons. The fourth-order valence-electron chi connectivity index (χ4n) is 2.17. The fraction of sp³-hybridized carbons (Fsp3) is 0.562. The van der Waals surface area contributed by atoms with Crippen molar-refractivity contribution in [2.75, 3.05) is 20.7 Å². The van der Waals surface area contributed by atoms with E-state index in [0.29, 0.717) is 0 Å². The first-order valence-electron chi connectivity index (χ1n) is 7.14. The lowest BCUT2D eigenvalue weighted by Gasteiger charge is -2.28. The second kappa shape index (κ2) is 7.31. The molecule has 1 rings (SSSR count). The molecule has 1 atom stereocenters. The van der Waals surface area contributed by atoms with Gasteiger partial charge in [0.2, 0.25) is 0 Å². The summed E-state index contributed by atoms with van der Waals surface area (Å²) in [4.78, 5) is 13.7. The van der Waals surface area contributed by atoms with Crippen molar-refractivity contribution >= 4 is 6.03 Å². The Morgan fingerprint density at radius 2 is 1.95 bits per heavy atom. The number of nitrogens with zero attached hydrogens (tertiary/aromatic N) is 1. The van der Waals surface area contributed by atoms with Gasteiger partial charge in [-0.1, -0.05) is 19.1 Å². The van der Waals surface area contributed by atoms with Gasteiger partial charge in [0, 0.05) is 7.05 Å². The molecule has 1 aromatic rings. The predicted molar refractivity (Wildman–Crippen MR) is 83.5 cm³/mol. The van der Waals surface area contributed by atoms with Gasteiger partial charge in [0.05, 0.1) is 25.3 Å². The third-order valence-corrected chi connectivity index (χ3v) is 3.19. The highest BCUT2D eigenvalue weighted by atomic mass is 16.5. The van der Waals surface area contributed by atoms with Crippen LogP contribution in [0.25, 0.3) is 0 Å². The molecule has 118 valence electrons. The van der Waals surface area contributed by atoms with E-state index in [4.69, 9.17) is 4.74 Å². The molecule has 0 aliphatic rings. The molecule has 0 saturated heterocycles. The zero-order valence-corrected chi connectivity index (χ0v) is 13.5. The normalized spacial score (nSPS) is 12.7. The summed E-state index contributed by atoms with van der Waals surface area (Å²) in [5, 5.41) is 12.7. The number of likely N-dealkylation sites (N-methyl/N-ethyl adjacent to an activating group) is 1. The lowest BCUT2D eigenvalue weighted by atomic mass is 10.0. The van der Waals surface area contributed by atoms with E-state index in [9.17, 15) is 9.90 Å². The highest BCUT2D eigenvalue weighted by Gasteiger charge is 2.21. The Labute approximate surface area is 126 Å². The fourth-order valence-corrected chi connectivity index (χ4v) is 2.17. The Balaban J connectivity index is 2.70. The number of benzene rings is 1. The van der Waals surface area contributed by atoms with Gasteiger partial charge in [0.25, 0.3) is 0 Å². The number of hydrogen-bond donors (Lipinski definition) is 2. The van der Waals surface area contributed by atoms with E-state index >= 15 is 0 Å². The number of amides is 2. The van der Waals surface area contributed by atoms with Gasteiger partial charge in [-0.2, -0.15) is 0 Å². The van der Waals surface area contributed by atoms with E-state index in [1.165, 1.54) is 4.90 Å². The van der Waals surface area contributed by atoms with Gasteiger partial charge in [-0.05, 0) is 38.0 Å². The van der Waals surface area contributed by atoms with Gasteiger partial charge in [-0.15, -0.1) is 0 Å². The molecule has 2 N–H and O–H groups in total. The van der Waals surface area contributed by atoms with Crippen LogP contribution in [0, 0.1) is 0 Å². The summed E-state index contributed by atoms with van der Waals surface area (Å²) >= 11 is 0. The molecular formula is C16H26N2O3. The maximum absolute atomic E-state index is 12.2. The first-order valence-corrected chi connectivity index (χ1v) is 7.14. The molecule has 1 unspecified atom stereocenters. The van der Waals surface area contributed by atoms with Gasteiger partial charge in [-0.25, -0.2) is 4.79 Å². The summed E-state index contributed by atoms with van der Waals surface area (Å²) in [5.41, 5.74) is 0.122. The van der Waals surface area contributed by atoms with Gasteiger partial charge in [0.1, 0.15) is 5.75 Å². The summed E-state index contributed by atoms with van der Waals surface area (Å²) < 4.78 is 5.13. The molecule has 1 aromatic carbocycles. The van der Waals surface area contributed by atoms with Crippen LogP contribution >= 0.6 is 0 Å². The topological polar surface area (TPSA) is 61.8 Å². The molecule has 0 spiro atoms. The first kappa shape index (κ1) is 17.3. The van der Waals surface area contributed by atoms with Crippen LogP contribution in [0.3, 0.4) is 0 Å². The van der Waals surface area contributed by atoms with Gasteiger partial charge >= 0.3 is 6.03 Å². The average Bonchev–Trinajstić information content (AvgIpc) is 2.42. The number of carbonyl (C=O) groups is 1. The van der Waals surface area contributed by atoms with E-state index < -0.39 is 5.60 Å². The van der Waals surface area contributed by atoms with Crippen LogP contribution in [-0.4, -0.2) is 42.3 Å². The highest BCUT2D eigenvalue weighted by molar-refractivity contribution is 5.74. The average molecular weight is 294 g/mol. The van der Waals surface area contributed by atoms with Crippen molar-refractivity contribution in [3.05, 3.63) is 29.8 Å². The van der Waals surface area contributed by atoms with Crippen molar-refractivity contribution in [2.45, 2.75) is 38.8 Å². The minimum Gasteiger partial charge on any atom is -0.497 e. The number of ether oxygens (including phenoxy) is 1. The van der Waals surface area contributed by atoms with Crippen LogP contribution in [0.2, 0.25) is 0 Å². The number of nitrogens with one attached hydrogen (secondary N) is 1. The van der Waals surface area contributed by atoms with Gasteiger partial charge in [-0.3, -0.25) is 0 Å². The molecule has 5 nitrogen and oxygen atoms in total. The smallest absolute Gasteiger partial charge is 0.317 e. The molecule has 0 fully saturated rings. The molecule has 2 amide bonds. The summed E-state index contributed by atoms with van der Waals surface area (Å²) in [6.07, 6.45) is 0.786. The lowest BCUT2D eigenvalue weighted by molar-refractivity contribution is 0.0527. The summed E-state index contributed by atoms with van der Waals surface area (Å²) in [6, 6.07) is 7.40. The molecule has 5 heteroatoms. The van der Waals surface area contributed by atoms with Crippen LogP contribution in [-0.2, 0) is 0 Å². The molecule has 0 saturated carbocycles. The Morgan fingerprint density at radius 1 is 1.38 bits per heavy atom. The van der Waals surface area contributed by atoms with Crippen molar-refractivity contribution in [3.63, 3.8) is 0 Å². The summed E-state index contributed by atoms with van der Waals surface area (Å²) in [7, 11) is 3.30. The van der Waals surface area contributed by atoms with E-state index in [0.717, 1.165) is 17.7 Å². The van der Waals surface area contributed by atoms with Crippen LogP contribution in [0.15, 0.2) is 24.3 Å².